The monoisotopic (exact) mass is 335 g/mol. The second kappa shape index (κ2) is 4.87. The van der Waals surface area contributed by atoms with Crippen molar-refractivity contribution in [1.29, 1.82) is 0 Å². The fraction of sp³-hybridized carbons (Fsp3) is 0.0714. The molecule has 0 aliphatic carbocycles. The van der Waals surface area contributed by atoms with Gasteiger partial charge in [0.25, 0.3) is 0 Å². The predicted molar refractivity (Wildman–Crippen MR) is 82.4 cm³/mol. The van der Waals surface area contributed by atoms with E-state index in [1.807, 2.05) is 41.0 Å². The van der Waals surface area contributed by atoms with Gasteiger partial charge >= 0.3 is 0 Å². The van der Waals surface area contributed by atoms with Crippen LogP contribution in [0, 0.1) is 0 Å². The molecule has 96 valence electrons. The summed E-state index contributed by atoms with van der Waals surface area (Å²) >= 11 is 9.51. The molecule has 0 amide bonds. The van der Waals surface area contributed by atoms with Crippen molar-refractivity contribution in [2.75, 3.05) is 5.73 Å². The molecule has 5 heteroatoms. The number of halogens is 2. The van der Waals surface area contributed by atoms with Gasteiger partial charge in [0.05, 0.1) is 17.6 Å². The number of nitrogen functional groups attached to an aromatic ring is 1. The number of rotatable bonds is 2. The number of aromatic nitrogens is 2. The third-order valence-corrected chi connectivity index (χ3v) is 4.03. The minimum Gasteiger partial charge on any atom is -0.369 e. The molecule has 1 heterocycles. The number of nitrogens with two attached hydrogens (primary N) is 1. The molecule has 0 spiro atoms. The van der Waals surface area contributed by atoms with Gasteiger partial charge in [0.2, 0.25) is 5.95 Å². The lowest BCUT2D eigenvalue weighted by Crippen LogP contribution is -2.04. The summed E-state index contributed by atoms with van der Waals surface area (Å²) in [7, 11) is 0. The summed E-state index contributed by atoms with van der Waals surface area (Å²) in [6, 6.07) is 13.7. The van der Waals surface area contributed by atoms with Crippen molar-refractivity contribution < 1.29 is 0 Å². The molecule has 0 bridgehead atoms. The summed E-state index contributed by atoms with van der Waals surface area (Å²) in [4.78, 5) is 4.34. The average molecular weight is 337 g/mol. The summed E-state index contributed by atoms with van der Waals surface area (Å²) in [6.45, 7) is 0.672. The van der Waals surface area contributed by atoms with Crippen LogP contribution in [0.25, 0.3) is 11.0 Å². The highest BCUT2D eigenvalue weighted by Crippen LogP contribution is 2.24. The topological polar surface area (TPSA) is 43.8 Å². The molecule has 3 nitrogen and oxygen atoms in total. The van der Waals surface area contributed by atoms with E-state index in [4.69, 9.17) is 17.3 Å². The Morgan fingerprint density at radius 1 is 1.21 bits per heavy atom. The van der Waals surface area contributed by atoms with Crippen LogP contribution in [0.5, 0.6) is 0 Å². The van der Waals surface area contributed by atoms with Crippen LogP contribution in [-0.4, -0.2) is 9.55 Å². The predicted octanol–water partition coefficient (Wildman–Crippen LogP) is 4.08. The van der Waals surface area contributed by atoms with Gasteiger partial charge in [0, 0.05) is 9.50 Å². The highest BCUT2D eigenvalue weighted by molar-refractivity contribution is 9.10. The largest absolute Gasteiger partial charge is 0.369 e. The van der Waals surface area contributed by atoms with Crippen LogP contribution in [-0.2, 0) is 6.54 Å². The zero-order valence-electron chi connectivity index (χ0n) is 9.98. The first-order valence-corrected chi connectivity index (χ1v) is 6.97. The second-order valence-electron chi connectivity index (χ2n) is 4.28. The lowest BCUT2D eigenvalue weighted by Gasteiger charge is -2.08. The molecule has 0 saturated carbocycles. The van der Waals surface area contributed by atoms with Gasteiger partial charge in [-0.25, -0.2) is 4.98 Å². The van der Waals surface area contributed by atoms with Crippen LogP contribution in [0.2, 0.25) is 5.02 Å². The van der Waals surface area contributed by atoms with Crippen molar-refractivity contribution in [3.63, 3.8) is 0 Å². The van der Waals surface area contributed by atoms with E-state index in [0.29, 0.717) is 17.5 Å². The second-order valence-corrected chi connectivity index (χ2v) is 5.57. The summed E-state index contributed by atoms with van der Waals surface area (Å²) in [5.41, 5.74) is 8.95. The Labute approximate surface area is 124 Å². The van der Waals surface area contributed by atoms with E-state index in [-0.39, 0.29) is 0 Å². The Morgan fingerprint density at radius 3 is 2.79 bits per heavy atom. The lowest BCUT2D eigenvalue weighted by molar-refractivity contribution is 0.835. The molecular formula is C14H11BrClN3. The zero-order valence-corrected chi connectivity index (χ0v) is 12.3. The van der Waals surface area contributed by atoms with Crippen molar-refractivity contribution in [2.45, 2.75) is 6.54 Å². The van der Waals surface area contributed by atoms with Crippen LogP contribution in [0.3, 0.4) is 0 Å². The maximum atomic E-state index is 5.99. The number of hydrogen-bond donors (Lipinski definition) is 1. The molecule has 3 rings (SSSR count). The summed E-state index contributed by atoms with van der Waals surface area (Å²) in [5.74, 6) is 0.494. The van der Waals surface area contributed by atoms with Gasteiger partial charge in [-0.15, -0.1) is 0 Å². The Balaban J connectivity index is 2.10. The standard InChI is InChI=1S/C14H11BrClN3/c15-11-4-2-1-3-9(11)8-19-13-6-5-10(16)7-12(13)18-14(19)17/h1-7H,8H2,(H2,17,18). The number of anilines is 1. The zero-order chi connectivity index (χ0) is 13.4. The number of nitrogens with zero attached hydrogens (tertiary/aromatic N) is 2. The van der Waals surface area contributed by atoms with Crippen LogP contribution in [0.4, 0.5) is 5.95 Å². The quantitative estimate of drug-likeness (QED) is 0.766. The van der Waals surface area contributed by atoms with E-state index in [0.717, 1.165) is 21.1 Å². The third-order valence-electron chi connectivity index (χ3n) is 3.03. The van der Waals surface area contributed by atoms with E-state index < -0.39 is 0 Å². The van der Waals surface area contributed by atoms with Gasteiger partial charge in [0.15, 0.2) is 0 Å². The summed E-state index contributed by atoms with van der Waals surface area (Å²) in [6.07, 6.45) is 0. The fourth-order valence-electron chi connectivity index (χ4n) is 2.08. The highest BCUT2D eigenvalue weighted by atomic mass is 79.9. The summed E-state index contributed by atoms with van der Waals surface area (Å²) in [5, 5.41) is 0.665. The first kappa shape index (κ1) is 12.5. The van der Waals surface area contributed by atoms with E-state index in [1.54, 1.807) is 0 Å². The van der Waals surface area contributed by atoms with Crippen molar-refractivity contribution in [1.82, 2.24) is 9.55 Å². The van der Waals surface area contributed by atoms with E-state index in [2.05, 4.69) is 27.0 Å². The number of hydrogen-bond acceptors (Lipinski definition) is 2. The number of imidazole rings is 1. The molecule has 0 radical (unpaired) electrons. The van der Waals surface area contributed by atoms with Crippen molar-refractivity contribution in [3.8, 4) is 0 Å². The molecule has 2 N–H and O–H groups in total. The molecule has 0 aliphatic heterocycles. The molecule has 0 atom stereocenters. The first-order chi connectivity index (χ1) is 9.15. The highest BCUT2D eigenvalue weighted by Gasteiger charge is 2.10. The van der Waals surface area contributed by atoms with Crippen LogP contribution >= 0.6 is 27.5 Å². The van der Waals surface area contributed by atoms with Gasteiger partial charge in [-0.1, -0.05) is 45.7 Å². The van der Waals surface area contributed by atoms with Gasteiger partial charge < -0.3 is 10.3 Å². The molecule has 0 saturated heterocycles. The number of benzene rings is 2. The van der Waals surface area contributed by atoms with Crippen molar-refractivity contribution in [2.24, 2.45) is 0 Å². The SMILES string of the molecule is Nc1nc2cc(Cl)ccc2n1Cc1ccccc1Br. The molecule has 19 heavy (non-hydrogen) atoms. The lowest BCUT2D eigenvalue weighted by atomic mass is 10.2. The molecule has 1 aromatic heterocycles. The van der Waals surface area contributed by atoms with Crippen LogP contribution < -0.4 is 5.73 Å². The van der Waals surface area contributed by atoms with Gasteiger partial charge in [0.1, 0.15) is 0 Å². The van der Waals surface area contributed by atoms with Crippen LogP contribution in [0.1, 0.15) is 5.56 Å². The van der Waals surface area contributed by atoms with Gasteiger partial charge in [-0.3, -0.25) is 0 Å². The van der Waals surface area contributed by atoms with E-state index in [1.165, 1.54) is 0 Å². The van der Waals surface area contributed by atoms with E-state index in [9.17, 15) is 0 Å². The first-order valence-electron chi connectivity index (χ1n) is 5.80. The average Bonchev–Trinajstić information content (AvgIpc) is 2.68. The molecule has 2 aromatic carbocycles. The van der Waals surface area contributed by atoms with Crippen molar-refractivity contribution >= 4 is 44.5 Å². The normalized spacial score (nSPS) is 11.1. The van der Waals surface area contributed by atoms with Crippen molar-refractivity contribution in [3.05, 3.63) is 57.5 Å². The minimum absolute atomic E-state index is 0.494. The molecule has 0 aliphatic rings. The number of fused-ring (bicyclic) bond motifs is 1. The Bertz CT molecular complexity index is 752. The van der Waals surface area contributed by atoms with Gasteiger partial charge in [-0.2, -0.15) is 0 Å². The fourth-order valence-corrected chi connectivity index (χ4v) is 2.66. The van der Waals surface area contributed by atoms with E-state index >= 15 is 0 Å². The molecular weight excluding hydrogens is 326 g/mol. The Hall–Kier alpha value is -1.52. The molecule has 0 fully saturated rings. The Morgan fingerprint density at radius 2 is 2.00 bits per heavy atom. The maximum absolute atomic E-state index is 5.99. The third kappa shape index (κ3) is 2.33. The maximum Gasteiger partial charge on any atom is 0.201 e. The van der Waals surface area contributed by atoms with Crippen LogP contribution in [0.15, 0.2) is 46.9 Å². The Kier molecular flexibility index (Phi) is 3.21. The molecule has 0 unspecified atom stereocenters. The molecule has 3 aromatic rings. The minimum atomic E-state index is 0.494. The smallest absolute Gasteiger partial charge is 0.201 e. The van der Waals surface area contributed by atoms with Gasteiger partial charge in [-0.05, 0) is 29.8 Å². The summed E-state index contributed by atoms with van der Waals surface area (Å²) < 4.78 is 3.04.